The summed E-state index contributed by atoms with van der Waals surface area (Å²) >= 11 is 4.75. The van der Waals surface area contributed by atoms with Crippen molar-refractivity contribution in [3.05, 3.63) is 92.3 Å². The number of hydrogen-bond donors (Lipinski definition) is 2. The summed E-state index contributed by atoms with van der Waals surface area (Å²) in [5.41, 5.74) is 4.25. The molecule has 180 valence electrons. The van der Waals surface area contributed by atoms with Gasteiger partial charge in [0.05, 0.1) is 11.2 Å². The number of aromatic amines is 1. The smallest absolute Gasteiger partial charge is 0.407 e. The molecule has 1 aliphatic carbocycles. The highest BCUT2D eigenvalue weighted by atomic mass is 32.1. The van der Waals surface area contributed by atoms with Crippen molar-refractivity contribution >= 4 is 23.5 Å². The first kappa shape index (κ1) is 24.3. The Morgan fingerprint density at radius 1 is 1.14 bits per heavy atom. The average Bonchev–Trinajstić information content (AvgIpc) is 3.17. The molecule has 0 saturated carbocycles. The van der Waals surface area contributed by atoms with E-state index in [0.29, 0.717) is 31.5 Å². The SMILES string of the molecule is Cc1cn(CC[C@@H](CCNC(=O)OCC2c3ccccc3-c3ccccc32)N=C=S)c(=O)[nH]c1=O. The highest BCUT2D eigenvalue weighted by Gasteiger charge is 2.28. The average molecular weight is 491 g/mol. The number of fused-ring (bicyclic) bond motifs is 3. The van der Waals surface area contributed by atoms with Crippen LogP contribution < -0.4 is 16.6 Å². The number of aryl methyl sites for hydroxylation is 2. The number of thiocarbonyl (C=S) groups is 1. The summed E-state index contributed by atoms with van der Waals surface area (Å²) in [6.45, 7) is 2.57. The number of amides is 1. The molecule has 0 spiro atoms. The Bertz CT molecular complexity index is 1340. The fourth-order valence-corrected chi connectivity index (χ4v) is 4.56. The molecule has 2 aromatic carbocycles. The molecule has 1 atom stereocenters. The van der Waals surface area contributed by atoms with E-state index in [1.165, 1.54) is 21.9 Å². The number of aliphatic imine (C=N–C) groups is 1. The molecule has 0 saturated heterocycles. The van der Waals surface area contributed by atoms with Crippen LogP contribution in [-0.4, -0.2) is 40.0 Å². The van der Waals surface area contributed by atoms with E-state index in [4.69, 9.17) is 17.0 Å². The number of ether oxygens (including phenoxy) is 1. The number of alkyl carbamates (subject to hydrolysis) is 1. The van der Waals surface area contributed by atoms with Gasteiger partial charge in [-0.2, -0.15) is 0 Å². The van der Waals surface area contributed by atoms with Crippen LogP contribution in [0, 0.1) is 6.92 Å². The number of rotatable bonds is 9. The quantitative estimate of drug-likeness (QED) is 0.352. The van der Waals surface area contributed by atoms with E-state index in [-0.39, 0.29) is 18.6 Å². The summed E-state index contributed by atoms with van der Waals surface area (Å²) in [5.74, 6) is -0.000559. The van der Waals surface area contributed by atoms with Gasteiger partial charge >= 0.3 is 11.8 Å². The van der Waals surface area contributed by atoms with Gasteiger partial charge in [0.25, 0.3) is 5.56 Å². The van der Waals surface area contributed by atoms with Gasteiger partial charge in [-0.1, -0.05) is 48.5 Å². The summed E-state index contributed by atoms with van der Waals surface area (Å²) in [6, 6.07) is 16.1. The first-order chi connectivity index (χ1) is 17.0. The van der Waals surface area contributed by atoms with Crippen molar-refractivity contribution in [1.82, 2.24) is 14.9 Å². The third kappa shape index (κ3) is 5.65. The summed E-state index contributed by atoms with van der Waals surface area (Å²) in [4.78, 5) is 42.3. The molecular formula is C26H26N4O4S. The van der Waals surface area contributed by atoms with Gasteiger partial charge in [-0.3, -0.25) is 9.78 Å². The van der Waals surface area contributed by atoms with Crippen LogP contribution in [0.1, 0.15) is 35.4 Å². The first-order valence-corrected chi connectivity index (χ1v) is 11.8. The van der Waals surface area contributed by atoms with Gasteiger partial charge in [0.2, 0.25) is 0 Å². The Labute approximate surface area is 207 Å². The standard InChI is InChI=1S/C26H26N4O4S/c1-17-14-30(25(32)29-24(17)31)13-11-18(28-16-35)10-12-27-26(33)34-15-23-21-8-4-2-6-19(21)20-7-3-5-9-22(20)23/h2-9,14,18,23H,10-13,15H2,1H3,(H,27,33)(H,29,31,32)/t18-/m1/s1. The van der Waals surface area contributed by atoms with Gasteiger partial charge in [-0.05, 0) is 54.2 Å². The number of hydrogen-bond acceptors (Lipinski definition) is 6. The van der Waals surface area contributed by atoms with Crippen LogP contribution >= 0.6 is 12.2 Å². The van der Waals surface area contributed by atoms with E-state index in [2.05, 4.69) is 44.7 Å². The van der Waals surface area contributed by atoms with Gasteiger partial charge in [-0.15, -0.1) is 0 Å². The van der Waals surface area contributed by atoms with Crippen molar-refractivity contribution in [2.45, 2.75) is 38.3 Å². The summed E-state index contributed by atoms with van der Waals surface area (Å²) in [6.07, 6.45) is 2.03. The second-order valence-electron chi connectivity index (χ2n) is 8.47. The predicted molar refractivity (Wildman–Crippen MR) is 137 cm³/mol. The van der Waals surface area contributed by atoms with E-state index in [1.807, 2.05) is 24.3 Å². The molecule has 35 heavy (non-hydrogen) atoms. The van der Waals surface area contributed by atoms with Gasteiger partial charge in [0, 0.05) is 30.8 Å². The van der Waals surface area contributed by atoms with E-state index in [1.54, 1.807) is 6.92 Å². The molecule has 0 fully saturated rings. The van der Waals surface area contributed by atoms with E-state index < -0.39 is 17.3 Å². The molecule has 9 heteroatoms. The topological polar surface area (TPSA) is 106 Å². The zero-order valence-electron chi connectivity index (χ0n) is 19.3. The number of carbonyl (C=O) groups excluding carboxylic acids is 1. The zero-order chi connectivity index (χ0) is 24.8. The number of nitrogens with zero attached hydrogens (tertiary/aromatic N) is 2. The van der Waals surface area contributed by atoms with Gasteiger partial charge < -0.3 is 14.6 Å². The largest absolute Gasteiger partial charge is 0.449 e. The zero-order valence-corrected chi connectivity index (χ0v) is 20.1. The van der Waals surface area contributed by atoms with E-state index >= 15 is 0 Å². The molecule has 0 unspecified atom stereocenters. The second kappa shape index (κ2) is 11.1. The lowest BCUT2D eigenvalue weighted by atomic mass is 9.98. The van der Waals surface area contributed by atoms with Crippen LogP contribution in [0.5, 0.6) is 0 Å². The Morgan fingerprint density at radius 3 is 2.46 bits per heavy atom. The maximum atomic E-state index is 12.4. The number of nitrogens with one attached hydrogen (secondary N) is 2. The van der Waals surface area contributed by atoms with Gasteiger partial charge in [-0.25, -0.2) is 14.6 Å². The molecule has 1 aromatic heterocycles. The lowest BCUT2D eigenvalue weighted by molar-refractivity contribution is 0.142. The highest BCUT2D eigenvalue weighted by Crippen LogP contribution is 2.44. The van der Waals surface area contributed by atoms with Crippen molar-refractivity contribution in [3.8, 4) is 11.1 Å². The van der Waals surface area contributed by atoms with Crippen molar-refractivity contribution in [3.63, 3.8) is 0 Å². The third-order valence-corrected chi connectivity index (χ3v) is 6.32. The molecule has 8 nitrogen and oxygen atoms in total. The number of carbonyl (C=O) groups is 1. The van der Waals surface area contributed by atoms with Crippen LogP contribution in [-0.2, 0) is 11.3 Å². The molecule has 2 N–H and O–H groups in total. The first-order valence-electron chi connectivity index (χ1n) is 11.4. The molecule has 0 radical (unpaired) electrons. The maximum Gasteiger partial charge on any atom is 0.407 e. The minimum Gasteiger partial charge on any atom is -0.449 e. The van der Waals surface area contributed by atoms with Crippen molar-refractivity contribution in [2.75, 3.05) is 13.2 Å². The second-order valence-corrected chi connectivity index (χ2v) is 8.65. The molecule has 1 heterocycles. The van der Waals surface area contributed by atoms with Gasteiger partial charge in [0.1, 0.15) is 6.61 Å². The molecule has 1 amide bonds. The Balaban J connectivity index is 1.28. The predicted octanol–water partition coefficient (Wildman–Crippen LogP) is 3.64. The molecule has 4 rings (SSSR count). The molecule has 0 bridgehead atoms. The fourth-order valence-electron chi connectivity index (χ4n) is 4.41. The van der Waals surface area contributed by atoms with E-state index in [9.17, 15) is 14.4 Å². The Kier molecular flexibility index (Phi) is 7.70. The highest BCUT2D eigenvalue weighted by molar-refractivity contribution is 7.78. The summed E-state index contributed by atoms with van der Waals surface area (Å²) in [7, 11) is 0. The normalized spacial score (nSPS) is 12.8. The van der Waals surface area contributed by atoms with Crippen LogP contribution in [0.3, 0.4) is 0 Å². The van der Waals surface area contributed by atoms with Crippen LogP contribution in [0.4, 0.5) is 4.79 Å². The van der Waals surface area contributed by atoms with Crippen LogP contribution in [0.25, 0.3) is 11.1 Å². The minimum absolute atomic E-state index is 0.000559. The van der Waals surface area contributed by atoms with Crippen molar-refractivity contribution < 1.29 is 9.53 Å². The van der Waals surface area contributed by atoms with Gasteiger partial charge in [0.15, 0.2) is 0 Å². The third-order valence-electron chi connectivity index (χ3n) is 6.22. The van der Waals surface area contributed by atoms with E-state index in [0.717, 1.165) is 11.1 Å². The Morgan fingerprint density at radius 2 is 1.80 bits per heavy atom. The Hall–Kier alpha value is -3.81. The van der Waals surface area contributed by atoms with Crippen LogP contribution in [0.2, 0.25) is 0 Å². The number of aromatic nitrogens is 2. The fraction of sp³-hybridized carbons (Fsp3) is 0.308. The lowest BCUT2D eigenvalue weighted by Crippen LogP contribution is -2.32. The molecular weight excluding hydrogens is 464 g/mol. The maximum absolute atomic E-state index is 12.4. The molecule has 3 aromatic rings. The minimum atomic E-state index is -0.496. The van der Waals surface area contributed by atoms with Crippen LogP contribution in [0.15, 0.2) is 69.3 Å². The molecule has 0 aliphatic heterocycles. The van der Waals surface area contributed by atoms with Crippen molar-refractivity contribution in [1.29, 1.82) is 0 Å². The van der Waals surface area contributed by atoms with Crippen molar-refractivity contribution in [2.24, 2.45) is 4.99 Å². The monoisotopic (exact) mass is 490 g/mol. The lowest BCUT2D eigenvalue weighted by Gasteiger charge is -2.15. The molecule has 1 aliphatic rings. The summed E-state index contributed by atoms with van der Waals surface area (Å²) in [5, 5.41) is 5.15. The number of benzene rings is 2. The number of H-pyrrole nitrogens is 1. The number of isothiocyanates is 1. The summed E-state index contributed by atoms with van der Waals surface area (Å²) < 4.78 is 6.99.